The van der Waals surface area contributed by atoms with E-state index < -0.39 is 22.0 Å². The lowest BCUT2D eigenvalue weighted by Crippen LogP contribution is -2.42. The molecule has 2 aromatic carbocycles. The number of halogens is 2. The molecule has 0 bridgehead atoms. The molecule has 6 rings (SSSR count). The van der Waals surface area contributed by atoms with Gasteiger partial charge in [-0.25, -0.2) is 13.1 Å². The highest BCUT2D eigenvalue weighted by molar-refractivity contribution is 7.91. The number of nitriles is 1. The summed E-state index contributed by atoms with van der Waals surface area (Å²) in [5.41, 5.74) is 3.35. The highest BCUT2D eigenvalue weighted by Gasteiger charge is 2.47. The number of rotatable bonds is 8. The lowest BCUT2D eigenvalue weighted by Gasteiger charge is -2.31. The number of aromatic nitrogens is 2. The summed E-state index contributed by atoms with van der Waals surface area (Å²) in [5.74, 6) is -0.321. The van der Waals surface area contributed by atoms with Gasteiger partial charge in [0.25, 0.3) is 0 Å². The van der Waals surface area contributed by atoms with Crippen molar-refractivity contribution in [2.24, 2.45) is 5.92 Å². The number of anilines is 1. The fourth-order valence-electron chi connectivity index (χ4n) is 6.11. The Balaban J connectivity index is 1.34. The van der Waals surface area contributed by atoms with Gasteiger partial charge >= 0.3 is 6.61 Å². The summed E-state index contributed by atoms with van der Waals surface area (Å²) >= 11 is 0. The van der Waals surface area contributed by atoms with Crippen molar-refractivity contribution in [1.29, 1.82) is 5.26 Å². The van der Waals surface area contributed by atoms with Gasteiger partial charge in [0.2, 0.25) is 5.91 Å². The van der Waals surface area contributed by atoms with Gasteiger partial charge in [0.1, 0.15) is 11.3 Å². The maximum atomic E-state index is 13.5. The van der Waals surface area contributed by atoms with E-state index in [2.05, 4.69) is 21.0 Å². The predicted molar refractivity (Wildman–Crippen MR) is 157 cm³/mol. The van der Waals surface area contributed by atoms with Gasteiger partial charge in [-0.05, 0) is 67.6 Å². The van der Waals surface area contributed by atoms with Crippen LogP contribution in [0.3, 0.4) is 0 Å². The van der Waals surface area contributed by atoms with E-state index in [1.54, 1.807) is 16.8 Å². The largest absolute Gasteiger partial charge is 0.435 e. The zero-order valence-corrected chi connectivity index (χ0v) is 24.4. The minimum atomic E-state index is -3.00. The second kappa shape index (κ2) is 11.6. The van der Waals surface area contributed by atoms with Crippen LogP contribution in [-0.4, -0.2) is 60.9 Å². The summed E-state index contributed by atoms with van der Waals surface area (Å²) in [6.07, 6.45) is 6.53. The number of carbonyl (C=O) groups excluding carboxylic acids is 1. The second-order valence-corrected chi connectivity index (χ2v) is 13.9. The first-order valence-corrected chi connectivity index (χ1v) is 16.4. The van der Waals surface area contributed by atoms with Crippen LogP contribution >= 0.6 is 0 Å². The molecular formula is C31H33F2N5O4S. The lowest BCUT2D eigenvalue weighted by molar-refractivity contribution is -0.127. The number of sulfone groups is 1. The van der Waals surface area contributed by atoms with Gasteiger partial charge in [0.15, 0.2) is 9.84 Å². The van der Waals surface area contributed by atoms with Gasteiger partial charge in [0, 0.05) is 42.4 Å². The van der Waals surface area contributed by atoms with Crippen molar-refractivity contribution in [3.63, 3.8) is 0 Å². The third-order valence-corrected chi connectivity index (χ3v) is 10.3. The quantitative estimate of drug-likeness (QED) is 0.389. The van der Waals surface area contributed by atoms with Gasteiger partial charge in [-0.15, -0.1) is 0 Å². The van der Waals surface area contributed by atoms with Crippen LogP contribution < -0.4 is 15.0 Å². The molecule has 1 aliphatic heterocycles. The number of nitrogens with one attached hydrogen (secondary N) is 1. The van der Waals surface area contributed by atoms with Gasteiger partial charge in [-0.3, -0.25) is 4.79 Å². The Hall–Kier alpha value is -3.98. The Bertz CT molecular complexity index is 1620. The lowest BCUT2D eigenvalue weighted by atomic mass is 9.75. The van der Waals surface area contributed by atoms with Crippen LogP contribution in [0.5, 0.6) is 5.75 Å². The van der Waals surface area contributed by atoms with Crippen molar-refractivity contribution in [2.75, 3.05) is 29.5 Å². The SMILES string of the molecule is N#CC1(NC(=O)C2CCCCC2c2nn(-c3ccc(OC(F)F)cc3)cc2-c2ccc(N3CCS(=O)(=O)CC3)cc2)CC1. The van der Waals surface area contributed by atoms with E-state index in [-0.39, 0.29) is 35.0 Å². The second-order valence-electron chi connectivity index (χ2n) is 11.6. The molecule has 0 radical (unpaired) electrons. The van der Waals surface area contributed by atoms with E-state index in [4.69, 9.17) is 5.10 Å². The molecule has 9 nitrogen and oxygen atoms in total. The molecule has 2 atom stereocenters. The van der Waals surface area contributed by atoms with Crippen LogP contribution in [-0.2, 0) is 14.6 Å². The van der Waals surface area contributed by atoms with E-state index in [0.29, 0.717) is 38.0 Å². The Morgan fingerprint density at radius 2 is 1.67 bits per heavy atom. The molecule has 0 spiro atoms. The minimum absolute atomic E-state index is 0.0444. The molecule has 1 amide bonds. The number of nitrogens with zero attached hydrogens (tertiary/aromatic N) is 4. The van der Waals surface area contributed by atoms with Gasteiger partial charge < -0.3 is 15.0 Å². The van der Waals surface area contributed by atoms with Gasteiger partial charge in [0.05, 0.1) is 29.0 Å². The van der Waals surface area contributed by atoms with E-state index in [0.717, 1.165) is 41.8 Å². The number of carbonyl (C=O) groups is 1. The van der Waals surface area contributed by atoms with Crippen LogP contribution in [0.2, 0.25) is 0 Å². The third kappa shape index (κ3) is 6.37. The highest BCUT2D eigenvalue weighted by atomic mass is 32.2. The molecule has 226 valence electrons. The average molecular weight is 610 g/mol. The molecule has 2 unspecified atom stereocenters. The molecule has 1 N–H and O–H groups in total. The van der Waals surface area contributed by atoms with E-state index >= 15 is 0 Å². The smallest absolute Gasteiger partial charge is 0.387 e. The first-order valence-electron chi connectivity index (χ1n) is 14.6. The summed E-state index contributed by atoms with van der Waals surface area (Å²) < 4.78 is 55.3. The fourth-order valence-corrected chi connectivity index (χ4v) is 7.31. The molecule has 43 heavy (non-hydrogen) atoms. The molecule has 2 saturated carbocycles. The first kappa shape index (κ1) is 29.1. The standard InChI is InChI=1S/C31H33F2N5O4S/c32-30(33)42-24-11-9-23(10-12-24)38-19-27(21-5-7-22(8-6-21)37-15-17-43(40,41)18-16-37)28(36-38)25-3-1-2-4-26(25)29(39)35-31(20-34)13-14-31/h5-12,19,25-26,30H,1-4,13-18H2,(H,35,39). The van der Waals surface area contributed by atoms with Gasteiger partial charge in [-0.1, -0.05) is 25.0 Å². The molecule has 3 fully saturated rings. The molecule has 3 aliphatic rings. The molecular weight excluding hydrogens is 576 g/mol. The first-order chi connectivity index (χ1) is 20.7. The number of hydrogen-bond acceptors (Lipinski definition) is 7. The minimum Gasteiger partial charge on any atom is -0.435 e. The van der Waals surface area contributed by atoms with Crippen molar-refractivity contribution in [2.45, 2.75) is 56.6 Å². The fraction of sp³-hybridized carbons (Fsp3) is 0.452. The van der Waals surface area contributed by atoms with E-state index in [9.17, 15) is 27.3 Å². The Morgan fingerprint density at radius 3 is 2.30 bits per heavy atom. The molecule has 2 aliphatic carbocycles. The summed E-state index contributed by atoms with van der Waals surface area (Å²) in [7, 11) is -3.00. The molecule has 3 aromatic rings. The maximum absolute atomic E-state index is 13.5. The van der Waals surface area contributed by atoms with Crippen LogP contribution in [0.1, 0.15) is 50.1 Å². The van der Waals surface area contributed by atoms with Crippen molar-refractivity contribution < 1.29 is 26.7 Å². The number of ether oxygens (including phenoxy) is 1. The topological polar surface area (TPSA) is 117 Å². The summed E-state index contributed by atoms with van der Waals surface area (Å²) in [4.78, 5) is 15.5. The molecule has 1 aromatic heterocycles. The third-order valence-electron chi connectivity index (χ3n) is 8.74. The Morgan fingerprint density at radius 1 is 1.02 bits per heavy atom. The summed E-state index contributed by atoms with van der Waals surface area (Å²) in [6.45, 7) is -2.03. The summed E-state index contributed by atoms with van der Waals surface area (Å²) in [6, 6.07) is 16.4. The van der Waals surface area contributed by atoms with E-state index in [1.165, 1.54) is 12.1 Å². The molecule has 2 heterocycles. The Labute approximate surface area is 249 Å². The summed E-state index contributed by atoms with van der Waals surface area (Å²) in [5, 5.41) is 17.5. The highest BCUT2D eigenvalue weighted by Crippen LogP contribution is 2.43. The number of hydrogen-bond donors (Lipinski definition) is 1. The zero-order chi connectivity index (χ0) is 30.2. The molecule has 12 heteroatoms. The van der Waals surface area contributed by atoms with Gasteiger partial charge in [-0.2, -0.15) is 19.1 Å². The normalized spacial score (nSPS) is 22.5. The number of amides is 1. The van der Waals surface area contributed by atoms with E-state index in [1.807, 2.05) is 30.5 Å². The van der Waals surface area contributed by atoms with Crippen molar-refractivity contribution in [3.05, 3.63) is 60.4 Å². The van der Waals surface area contributed by atoms with Crippen LogP contribution in [0, 0.1) is 17.2 Å². The van der Waals surface area contributed by atoms with Crippen LogP contribution in [0.15, 0.2) is 54.7 Å². The maximum Gasteiger partial charge on any atom is 0.387 e. The molecule has 1 saturated heterocycles. The Kier molecular flexibility index (Phi) is 7.85. The van der Waals surface area contributed by atoms with Crippen molar-refractivity contribution in [3.8, 4) is 28.6 Å². The van der Waals surface area contributed by atoms with Crippen LogP contribution in [0.4, 0.5) is 14.5 Å². The monoisotopic (exact) mass is 609 g/mol. The number of benzene rings is 2. The zero-order valence-electron chi connectivity index (χ0n) is 23.6. The number of alkyl halides is 2. The van der Waals surface area contributed by atoms with Crippen molar-refractivity contribution >= 4 is 21.4 Å². The van der Waals surface area contributed by atoms with Crippen LogP contribution in [0.25, 0.3) is 16.8 Å². The average Bonchev–Trinajstić information content (AvgIpc) is 3.64. The predicted octanol–water partition coefficient (Wildman–Crippen LogP) is 4.82. The van der Waals surface area contributed by atoms with Crippen molar-refractivity contribution in [1.82, 2.24) is 15.1 Å².